The molecule has 1 aliphatic rings. The van der Waals surface area contributed by atoms with Crippen molar-refractivity contribution < 1.29 is 37.1 Å². The first-order chi connectivity index (χ1) is 17.4. The van der Waals surface area contributed by atoms with Crippen molar-refractivity contribution in [3.8, 4) is 5.75 Å². The maximum absolute atomic E-state index is 11.8. The van der Waals surface area contributed by atoms with Gasteiger partial charge in [-0.25, -0.2) is 18.0 Å². The number of aromatic nitrogens is 2. The van der Waals surface area contributed by atoms with E-state index in [-0.39, 0.29) is 12.5 Å². The molecule has 37 heavy (non-hydrogen) atoms. The zero-order chi connectivity index (χ0) is 27.2. The van der Waals surface area contributed by atoms with Gasteiger partial charge in [0.2, 0.25) is 5.89 Å². The fraction of sp³-hybridized carbons (Fsp3) is 0.583. The van der Waals surface area contributed by atoms with E-state index in [9.17, 15) is 18.0 Å². The minimum atomic E-state index is -3.25. The highest BCUT2D eigenvalue weighted by Gasteiger charge is 2.25. The number of sulfone groups is 1. The lowest BCUT2D eigenvalue weighted by atomic mass is 10.0. The molecular formula is C24H34N4O8S. The lowest BCUT2D eigenvalue weighted by Gasteiger charge is -2.36. The smallest absolute Gasteiger partial charge is 0.417 e. The first kappa shape index (κ1) is 28.5. The molecule has 1 unspecified atom stereocenters. The predicted octanol–water partition coefficient (Wildman–Crippen LogP) is 1.49. The highest BCUT2D eigenvalue weighted by molar-refractivity contribution is 7.90. The molecule has 13 heteroatoms. The molecule has 0 bridgehead atoms. The number of carboxylic acid groups (broad SMARTS) is 1. The number of carbonyl (C=O) groups excluding carboxylic acids is 1. The van der Waals surface area contributed by atoms with Crippen LogP contribution in [0.4, 0.5) is 0 Å². The Balaban J connectivity index is 1.39. The van der Waals surface area contributed by atoms with E-state index in [1.807, 2.05) is 0 Å². The molecule has 3 rings (SSSR count). The van der Waals surface area contributed by atoms with Crippen LogP contribution in [-0.4, -0.2) is 97.6 Å². The van der Waals surface area contributed by atoms with Crippen LogP contribution in [0.5, 0.6) is 5.75 Å². The summed E-state index contributed by atoms with van der Waals surface area (Å²) in [4.78, 5) is 30.8. The molecule has 0 radical (unpaired) electrons. The quantitative estimate of drug-likeness (QED) is 0.326. The second-order valence-corrected chi connectivity index (χ2v) is 11.4. The summed E-state index contributed by atoms with van der Waals surface area (Å²) >= 11 is 0. The third kappa shape index (κ3) is 8.23. The van der Waals surface area contributed by atoms with Gasteiger partial charge in [-0.2, -0.15) is 4.98 Å². The van der Waals surface area contributed by atoms with E-state index in [1.54, 1.807) is 32.0 Å². The van der Waals surface area contributed by atoms with Crippen LogP contribution in [0.25, 0.3) is 0 Å². The highest BCUT2D eigenvalue weighted by atomic mass is 32.2. The number of nitrogens with zero attached hydrogens (tertiary/aromatic N) is 4. The molecule has 1 saturated heterocycles. The van der Waals surface area contributed by atoms with Crippen molar-refractivity contribution >= 4 is 21.8 Å². The minimum absolute atomic E-state index is 0.142. The van der Waals surface area contributed by atoms with Gasteiger partial charge in [0.05, 0.1) is 17.4 Å². The number of aliphatic carboxylic acids is 1. The molecule has 1 atom stereocenters. The SMILES string of the molecule is Cc1cc(OCCN(C)C2CCN(Cc3nc(C(C)COC(=O)C(=O)O)no3)CC2)ccc1S(C)(=O)=O. The minimum Gasteiger partial charge on any atom is -0.492 e. The number of carbonyl (C=O) groups is 2. The largest absolute Gasteiger partial charge is 0.492 e. The lowest BCUT2D eigenvalue weighted by molar-refractivity contribution is -0.164. The summed E-state index contributed by atoms with van der Waals surface area (Å²) in [6, 6.07) is 5.44. The molecule has 12 nitrogen and oxygen atoms in total. The molecule has 0 saturated carbocycles. The van der Waals surface area contributed by atoms with Gasteiger partial charge in [-0.1, -0.05) is 12.1 Å². The predicted molar refractivity (Wildman–Crippen MR) is 132 cm³/mol. The summed E-state index contributed by atoms with van der Waals surface area (Å²) in [7, 11) is -1.18. The van der Waals surface area contributed by atoms with Crippen LogP contribution in [0.3, 0.4) is 0 Å². The zero-order valence-corrected chi connectivity index (χ0v) is 22.4. The van der Waals surface area contributed by atoms with Crippen LogP contribution >= 0.6 is 0 Å². The summed E-state index contributed by atoms with van der Waals surface area (Å²) in [5, 5.41) is 12.5. The molecule has 1 fully saturated rings. The fourth-order valence-corrected chi connectivity index (χ4v) is 5.16. The van der Waals surface area contributed by atoms with Gasteiger partial charge in [-0.15, -0.1) is 0 Å². The molecular weight excluding hydrogens is 504 g/mol. The topological polar surface area (TPSA) is 152 Å². The Labute approximate surface area is 216 Å². The van der Waals surface area contributed by atoms with Gasteiger partial charge in [-0.3, -0.25) is 9.80 Å². The number of carboxylic acids is 1. The first-order valence-corrected chi connectivity index (χ1v) is 13.9. The summed E-state index contributed by atoms with van der Waals surface area (Å²) in [5.41, 5.74) is 0.671. The third-order valence-electron chi connectivity index (χ3n) is 6.36. The lowest BCUT2D eigenvalue weighted by Crippen LogP contribution is -2.44. The second kappa shape index (κ2) is 12.5. The Hall–Kier alpha value is -3.03. The van der Waals surface area contributed by atoms with E-state index in [0.29, 0.717) is 47.1 Å². The van der Waals surface area contributed by atoms with Crippen LogP contribution in [0, 0.1) is 6.92 Å². The van der Waals surface area contributed by atoms with Crippen LogP contribution < -0.4 is 4.74 Å². The van der Waals surface area contributed by atoms with Crippen LogP contribution in [-0.2, 0) is 30.7 Å². The van der Waals surface area contributed by atoms with Crippen LogP contribution in [0.1, 0.15) is 43.0 Å². The van der Waals surface area contributed by atoms with Crippen molar-refractivity contribution in [2.75, 3.05) is 46.2 Å². The number of aryl methyl sites for hydroxylation is 1. The first-order valence-electron chi connectivity index (χ1n) is 12.0. The molecule has 0 aliphatic carbocycles. The van der Waals surface area contributed by atoms with Crippen molar-refractivity contribution in [2.24, 2.45) is 0 Å². The Morgan fingerprint density at radius 1 is 1.30 bits per heavy atom. The van der Waals surface area contributed by atoms with E-state index >= 15 is 0 Å². The Morgan fingerprint density at radius 3 is 2.62 bits per heavy atom. The van der Waals surface area contributed by atoms with E-state index in [4.69, 9.17) is 14.4 Å². The zero-order valence-electron chi connectivity index (χ0n) is 21.5. The van der Waals surface area contributed by atoms with Gasteiger partial charge in [0.1, 0.15) is 19.0 Å². The number of esters is 1. The number of piperidine rings is 1. The molecule has 204 valence electrons. The van der Waals surface area contributed by atoms with Crippen molar-refractivity contribution in [1.82, 2.24) is 19.9 Å². The molecule has 1 N–H and O–H groups in total. The molecule has 0 amide bonds. The number of rotatable bonds is 11. The summed E-state index contributed by atoms with van der Waals surface area (Å²) in [5.74, 6) is -1.86. The summed E-state index contributed by atoms with van der Waals surface area (Å²) in [6.07, 6.45) is 3.14. The standard InChI is InChI=1S/C24H34N4O8S/c1-16-13-19(5-6-20(16)37(4,32)33)34-12-11-27(3)18-7-9-28(10-8-18)14-21-25-22(26-36-21)17(2)15-35-24(31)23(29)30/h5-6,13,17-18H,7-12,14-15H2,1-4H3,(H,29,30). The molecule has 2 heterocycles. The van der Waals surface area contributed by atoms with Gasteiger partial charge in [0.25, 0.3) is 0 Å². The number of likely N-dealkylation sites (tertiary alicyclic amines) is 1. The third-order valence-corrected chi connectivity index (χ3v) is 7.62. The summed E-state index contributed by atoms with van der Waals surface area (Å²) < 4.78 is 39.4. The second-order valence-electron chi connectivity index (χ2n) is 9.39. The summed E-state index contributed by atoms with van der Waals surface area (Å²) in [6.45, 7) is 6.83. The maximum Gasteiger partial charge on any atom is 0.417 e. The maximum atomic E-state index is 11.8. The van der Waals surface area contributed by atoms with Gasteiger partial charge >= 0.3 is 11.9 Å². The molecule has 1 aromatic heterocycles. The molecule has 2 aromatic rings. The van der Waals surface area contributed by atoms with Crippen molar-refractivity contribution in [3.63, 3.8) is 0 Å². The average Bonchev–Trinajstić information content (AvgIpc) is 3.30. The number of ether oxygens (including phenoxy) is 2. The average molecular weight is 539 g/mol. The Morgan fingerprint density at radius 2 is 2.00 bits per heavy atom. The van der Waals surface area contributed by atoms with Crippen molar-refractivity contribution in [3.05, 3.63) is 35.5 Å². The normalized spacial score (nSPS) is 16.0. The highest BCUT2D eigenvalue weighted by Crippen LogP contribution is 2.22. The van der Waals surface area contributed by atoms with Gasteiger partial charge in [-0.05, 0) is 50.6 Å². The van der Waals surface area contributed by atoms with Crippen LogP contribution in [0.2, 0.25) is 0 Å². The van der Waals surface area contributed by atoms with Gasteiger partial charge in [0.15, 0.2) is 15.7 Å². The van der Waals surface area contributed by atoms with Gasteiger partial charge in [0, 0.05) is 31.9 Å². The molecule has 1 aromatic carbocycles. The number of likely N-dealkylation sites (N-methyl/N-ethyl adjacent to an activating group) is 1. The number of hydrogen-bond donors (Lipinski definition) is 1. The fourth-order valence-electron chi connectivity index (χ4n) is 4.20. The number of benzene rings is 1. The van der Waals surface area contributed by atoms with Crippen molar-refractivity contribution in [1.29, 1.82) is 0 Å². The van der Waals surface area contributed by atoms with E-state index in [0.717, 1.165) is 32.5 Å². The van der Waals surface area contributed by atoms with Crippen LogP contribution in [0.15, 0.2) is 27.6 Å². The van der Waals surface area contributed by atoms with Crippen molar-refractivity contribution in [2.45, 2.75) is 50.1 Å². The Bertz CT molecular complexity index is 1190. The van der Waals surface area contributed by atoms with E-state index in [1.165, 1.54) is 6.26 Å². The molecule has 1 aliphatic heterocycles. The molecule has 0 spiro atoms. The monoisotopic (exact) mass is 538 g/mol. The van der Waals surface area contributed by atoms with E-state index in [2.05, 4.69) is 31.7 Å². The number of hydrogen-bond acceptors (Lipinski definition) is 11. The van der Waals surface area contributed by atoms with Gasteiger partial charge < -0.3 is 19.1 Å². The van der Waals surface area contributed by atoms with E-state index < -0.39 is 21.8 Å². The Kier molecular flexibility index (Phi) is 9.62.